The van der Waals surface area contributed by atoms with E-state index in [0.717, 1.165) is 0 Å². The quantitative estimate of drug-likeness (QED) is 0.179. The van der Waals surface area contributed by atoms with Gasteiger partial charge in [-0.2, -0.15) is 0 Å². The Bertz CT molecular complexity index is 327. The molecule has 0 aliphatic carbocycles. The molecule has 0 amide bonds. The minimum atomic E-state index is -0.527. The molecule has 0 aromatic carbocycles. The van der Waals surface area contributed by atoms with Gasteiger partial charge in [0.2, 0.25) is 10.5 Å². The van der Waals surface area contributed by atoms with E-state index >= 15 is 0 Å². The van der Waals surface area contributed by atoms with Crippen molar-refractivity contribution in [2.24, 2.45) is 0 Å². The first kappa shape index (κ1) is 26.6. The van der Waals surface area contributed by atoms with Gasteiger partial charge >= 0.3 is 0 Å². The van der Waals surface area contributed by atoms with Crippen LogP contribution in [0.25, 0.3) is 0 Å². The van der Waals surface area contributed by atoms with Gasteiger partial charge in [-0.1, -0.05) is 0 Å². The van der Waals surface area contributed by atoms with E-state index in [2.05, 4.69) is 0 Å². The molecule has 0 aliphatic heterocycles. The smallest absolute Gasteiger partial charge is 0.247 e. The third-order valence-electron chi connectivity index (χ3n) is 2.66. The Morgan fingerprint density at radius 1 is 0.407 bits per heavy atom. The van der Waals surface area contributed by atoms with E-state index in [1.807, 2.05) is 0 Å². The van der Waals surface area contributed by atoms with Crippen LogP contribution in [0, 0.1) is 0 Å². The lowest BCUT2D eigenvalue weighted by Crippen LogP contribution is -2.15. The van der Waals surface area contributed by atoms with E-state index < -0.39 is 10.5 Å². The fourth-order valence-electron chi connectivity index (χ4n) is 1.52. The standard InChI is InChI=1S/C16H28Cl2O9/c17-15(19)13-26-11-9-24-7-5-22-3-1-21-2-4-23-6-8-25-10-12-27-14-16(18)20/h1-14H2. The van der Waals surface area contributed by atoms with Crippen molar-refractivity contribution in [3.05, 3.63) is 0 Å². The summed E-state index contributed by atoms with van der Waals surface area (Å²) >= 11 is 10.2. The molecule has 0 bridgehead atoms. The second kappa shape index (κ2) is 21.9. The van der Waals surface area contributed by atoms with Crippen LogP contribution in [-0.2, 0) is 42.7 Å². The Labute approximate surface area is 169 Å². The molecule has 160 valence electrons. The number of ether oxygens (including phenoxy) is 7. The van der Waals surface area contributed by atoms with Gasteiger partial charge < -0.3 is 33.2 Å². The Morgan fingerprint density at radius 3 is 0.778 bits per heavy atom. The highest BCUT2D eigenvalue weighted by Gasteiger charge is 1.97. The summed E-state index contributed by atoms with van der Waals surface area (Å²) in [6, 6.07) is 0. The predicted octanol–water partition coefficient (Wildman–Crippen LogP) is 0.633. The lowest BCUT2D eigenvalue weighted by molar-refractivity contribution is -0.117. The Hall–Kier alpha value is -0.360. The number of rotatable bonds is 22. The van der Waals surface area contributed by atoms with Crippen LogP contribution in [0.1, 0.15) is 0 Å². The van der Waals surface area contributed by atoms with Crippen molar-refractivity contribution < 1.29 is 42.7 Å². The molecule has 0 spiro atoms. The molecule has 0 saturated heterocycles. The van der Waals surface area contributed by atoms with Crippen LogP contribution in [0.2, 0.25) is 0 Å². The highest BCUT2D eigenvalue weighted by Crippen LogP contribution is 1.87. The van der Waals surface area contributed by atoms with Crippen LogP contribution in [-0.4, -0.2) is 103 Å². The number of hydrogen-bond donors (Lipinski definition) is 0. The lowest BCUT2D eigenvalue weighted by atomic mass is 10.6. The molecule has 0 rings (SSSR count). The molecule has 0 unspecified atom stereocenters. The van der Waals surface area contributed by atoms with Gasteiger partial charge in [0.1, 0.15) is 13.2 Å². The zero-order valence-electron chi connectivity index (χ0n) is 15.3. The molecule has 0 heterocycles. The van der Waals surface area contributed by atoms with E-state index in [1.165, 1.54) is 0 Å². The minimum absolute atomic E-state index is 0.108. The second-order valence-corrected chi connectivity index (χ2v) is 5.72. The fourth-order valence-corrected chi connectivity index (χ4v) is 1.68. The van der Waals surface area contributed by atoms with Crippen molar-refractivity contribution in [3.8, 4) is 0 Å². The molecule has 0 radical (unpaired) electrons. The summed E-state index contributed by atoms with van der Waals surface area (Å²) < 4.78 is 36.3. The topological polar surface area (TPSA) is 98.8 Å². The zero-order valence-corrected chi connectivity index (χ0v) is 16.8. The van der Waals surface area contributed by atoms with Crippen molar-refractivity contribution in [1.29, 1.82) is 0 Å². The van der Waals surface area contributed by atoms with Crippen LogP contribution in [0.3, 0.4) is 0 Å². The predicted molar refractivity (Wildman–Crippen MR) is 97.5 cm³/mol. The van der Waals surface area contributed by atoms with Crippen LogP contribution in [0.15, 0.2) is 0 Å². The number of hydrogen-bond acceptors (Lipinski definition) is 9. The number of carbonyl (C=O) groups excluding carboxylic acids is 2. The largest absolute Gasteiger partial charge is 0.377 e. The summed E-state index contributed by atoms with van der Waals surface area (Å²) in [6.45, 7) is 4.83. The van der Waals surface area contributed by atoms with E-state index in [-0.39, 0.29) is 13.2 Å². The summed E-state index contributed by atoms with van der Waals surface area (Å²) in [4.78, 5) is 20.8. The van der Waals surface area contributed by atoms with E-state index in [1.54, 1.807) is 0 Å². The summed E-state index contributed by atoms with van der Waals surface area (Å²) in [5, 5.41) is -1.05. The van der Waals surface area contributed by atoms with Gasteiger partial charge in [-0.15, -0.1) is 0 Å². The molecule has 27 heavy (non-hydrogen) atoms. The van der Waals surface area contributed by atoms with Gasteiger partial charge in [-0.25, -0.2) is 0 Å². The van der Waals surface area contributed by atoms with Gasteiger partial charge in [0.15, 0.2) is 0 Å². The van der Waals surface area contributed by atoms with Gasteiger partial charge in [0.05, 0.1) is 79.3 Å². The Balaban J connectivity index is 3.01. The molecular formula is C16H28Cl2O9. The summed E-state index contributed by atoms with van der Waals surface area (Å²) in [6.07, 6.45) is 0. The third-order valence-corrected chi connectivity index (χ3v) is 2.88. The normalized spacial score (nSPS) is 11.0. The monoisotopic (exact) mass is 434 g/mol. The second-order valence-electron chi connectivity index (χ2n) is 4.88. The van der Waals surface area contributed by atoms with Crippen LogP contribution in [0.4, 0.5) is 0 Å². The van der Waals surface area contributed by atoms with Crippen molar-refractivity contribution in [2.75, 3.05) is 92.5 Å². The van der Waals surface area contributed by atoms with Gasteiger partial charge in [-0.05, 0) is 23.2 Å². The average molecular weight is 435 g/mol. The van der Waals surface area contributed by atoms with Crippen LogP contribution >= 0.6 is 23.2 Å². The molecular weight excluding hydrogens is 407 g/mol. The first-order chi connectivity index (χ1) is 13.1. The molecule has 0 fully saturated rings. The SMILES string of the molecule is O=C(Cl)COCCOCCOCCOCCOCCOCCOCC(=O)Cl. The highest BCUT2D eigenvalue weighted by molar-refractivity contribution is 6.64. The summed E-state index contributed by atoms with van der Waals surface area (Å²) in [7, 11) is 0. The van der Waals surface area contributed by atoms with Crippen LogP contribution in [0.5, 0.6) is 0 Å². The maximum Gasteiger partial charge on any atom is 0.247 e. The molecule has 0 atom stereocenters. The lowest BCUT2D eigenvalue weighted by Gasteiger charge is -2.08. The Kier molecular flexibility index (Phi) is 21.6. The average Bonchev–Trinajstić information content (AvgIpc) is 2.62. The van der Waals surface area contributed by atoms with E-state index in [9.17, 15) is 9.59 Å². The van der Waals surface area contributed by atoms with E-state index in [4.69, 9.17) is 56.4 Å². The first-order valence-electron chi connectivity index (χ1n) is 8.53. The highest BCUT2D eigenvalue weighted by atomic mass is 35.5. The molecule has 0 aromatic heterocycles. The number of carbonyl (C=O) groups is 2. The molecule has 0 aromatic rings. The van der Waals surface area contributed by atoms with E-state index in [0.29, 0.717) is 79.3 Å². The Morgan fingerprint density at radius 2 is 0.593 bits per heavy atom. The molecule has 0 N–H and O–H groups in total. The van der Waals surface area contributed by atoms with Crippen molar-refractivity contribution in [2.45, 2.75) is 0 Å². The molecule has 0 aliphatic rings. The summed E-state index contributed by atoms with van der Waals surface area (Å²) in [5.41, 5.74) is 0. The van der Waals surface area contributed by atoms with Gasteiger partial charge in [0, 0.05) is 0 Å². The minimum Gasteiger partial charge on any atom is -0.377 e. The molecule has 9 nitrogen and oxygen atoms in total. The zero-order chi connectivity index (χ0) is 20.0. The van der Waals surface area contributed by atoms with Gasteiger partial charge in [-0.3, -0.25) is 9.59 Å². The maximum atomic E-state index is 10.4. The van der Waals surface area contributed by atoms with Crippen LogP contribution < -0.4 is 0 Å². The van der Waals surface area contributed by atoms with Crippen molar-refractivity contribution in [3.63, 3.8) is 0 Å². The maximum absolute atomic E-state index is 10.4. The van der Waals surface area contributed by atoms with Crippen molar-refractivity contribution in [1.82, 2.24) is 0 Å². The first-order valence-corrected chi connectivity index (χ1v) is 9.29. The molecule has 0 saturated carbocycles. The fraction of sp³-hybridized carbons (Fsp3) is 0.875. The third kappa shape index (κ3) is 25.6. The van der Waals surface area contributed by atoms with Crippen molar-refractivity contribution >= 4 is 33.7 Å². The summed E-state index contributed by atoms with van der Waals surface area (Å²) in [5.74, 6) is 0. The number of halogens is 2. The molecule has 11 heteroatoms. The van der Waals surface area contributed by atoms with Gasteiger partial charge in [0.25, 0.3) is 0 Å².